The van der Waals surface area contributed by atoms with Crippen LogP contribution in [0, 0.1) is 20.2 Å². The lowest BCUT2D eigenvalue weighted by molar-refractivity contribution is -0.620. The topological polar surface area (TPSA) is 98.8 Å². The molecule has 1 heterocycles. The van der Waals surface area contributed by atoms with Gasteiger partial charge in [-0.2, -0.15) is 0 Å². The van der Waals surface area contributed by atoms with Crippen molar-refractivity contribution < 1.29 is 14.6 Å². The van der Waals surface area contributed by atoms with Crippen LogP contribution < -0.4 is 0 Å². The van der Waals surface area contributed by atoms with Crippen LogP contribution >= 0.6 is 15.9 Å². The highest BCUT2D eigenvalue weighted by Gasteiger charge is 2.64. The minimum atomic E-state index is -1.43. The van der Waals surface area contributed by atoms with Crippen LogP contribution in [0.4, 0.5) is 0 Å². The van der Waals surface area contributed by atoms with Crippen molar-refractivity contribution in [1.29, 1.82) is 0 Å². The molecule has 1 fully saturated rings. The molecule has 1 aliphatic carbocycles. The summed E-state index contributed by atoms with van der Waals surface area (Å²) in [5.41, 5.74) is -2.77. The fourth-order valence-electron chi connectivity index (χ4n) is 3.20. The molecule has 0 aromatic carbocycles. The van der Waals surface area contributed by atoms with Gasteiger partial charge in [0.2, 0.25) is 5.54 Å². The normalized spacial score (nSPS) is 33.4. The maximum Gasteiger partial charge on any atom is 0.263 e. The van der Waals surface area contributed by atoms with E-state index in [-0.39, 0.29) is 30.9 Å². The van der Waals surface area contributed by atoms with Crippen molar-refractivity contribution in [2.24, 2.45) is 0 Å². The minimum Gasteiger partial charge on any atom is -0.501 e. The Morgan fingerprint density at radius 2 is 2.10 bits per heavy atom. The van der Waals surface area contributed by atoms with Crippen molar-refractivity contribution in [3.05, 3.63) is 32.1 Å². The first kappa shape index (κ1) is 15.2. The van der Waals surface area contributed by atoms with E-state index in [0.717, 1.165) is 0 Å². The molecule has 2 bridgehead atoms. The quantitative estimate of drug-likeness (QED) is 0.418. The monoisotopic (exact) mass is 349 g/mol. The molecular formula is C11H16BrN3O5. The first-order valence-electron chi connectivity index (χ1n) is 6.20. The lowest BCUT2D eigenvalue weighted by Gasteiger charge is -2.44. The number of halogens is 1. The van der Waals surface area contributed by atoms with Gasteiger partial charge in [-0.15, -0.1) is 0 Å². The standard InChI is InChI=1S/C11H16BrN3O5/c1-20-9-4-10(14(16)17)6-11(5-9,15(18)19)8-13(7-10)3-2-12/h4H,2-3,5-8H2,1H3/t10-,11-/m0/s1. The molecule has 2 aliphatic rings. The van der Waals surface area contributed by atoms with Gasteiger partial charge in [0.15, 0.2) is 0 Å². The van der Waals surface area contributed by atoms with Crippen LogP contribution in [0.25, 0.3) is 0 Å². The molecule has 8 nitrogen and oxygen atoms in total. The maximum absolute atomic E-state index is 11.5. The number of ether oxygens (including phenoxy) is 1. The minimum absolute atomic E-state index is 0.0777. The number of nitrogens with zero attached hydrogens (tertiary/aromatic N) is 3. The second kappa shape index (κ2) is 5.28. The summed E-state index contributed by atoms with van der Waals surface area (Å²) in [7, 11) is 1.39. The first-order valence-corrected chi connectivity index (χ1v) is 7.33. The molecule has 0 spiro atoms. The second-order valence-electron chi connectivity index (χ2n) is 5.41. The fraction of sp³-hybridized carbons (Fsp3) is 0.818. The number of methoxy groups -OCH3 is 1. The van der Waals surface area contributed by atoms with Crippen LogP contribution in [0.1, 0.15) is 12.8 Å². The summed E-state index contributed by atoms with van der Waals surface area (Å²) in [5.74, 6) is 0.336. The zero-order chi connectivity index (χ0) is 15.0. The summed E-state index contributed by atoms with van der Waals surface area (Å²) in [4.78, 5) is 24.0. The van der Waals surface area contributed by atoms with E-state index in [1.165, 1.54) is 13.2 Å². The van der Waals surface area contributed by atoms with Crippen LogP contribution in [0.2, 0.25) is 0 Å². The van der Waals surface area contributed by atoms with Gasteiger partial charge < -0.3 is 4.74 Å². The van der Waals surface area contributed by atoms with Gasteiger partial charge in [0.25, 0.3) is 5.54 Å². The molecule has 0 aromatic heterocycles. The number of hydrogen-bond donors (Lipinski definition) is 0. The highest BCUT2D eigenvalue weighted by molar-refractivity contribution is 9.09. The zero-order valence-electron chi connectivity index (χ0n) is 11.1. The highest BCUT2D eigenvalue weighted by Crippen LogP contribution is 2.43. The van der Waals surface area contributed by atoms with Gasteiger partial charge in [-0.3, -0.25) is 25.1 Å². The number of rotatable bonds is 5. The van der Waals surface area contributed by atoms with Crippen LogP contribution in [0.3, 0.4) is 0 Å². The molecule has 112 valence electrons. The van der Waals surface area contributed by atoms with Crippen molar-refractivity contribution in [2.45, 2.75) is 23.9 Å². The number of nitro groups is 2. The molecule has 1 saturated heterocycles. The summed E-state index contributed by atoms with van der Waals surface area (Å²) >= 11 is 3.28. The molecule has 0 saturated carbocycles. The number of likely N-dealkylation sites (tertiary alicyclic amines) is 1. The molecule has 0 amide bonds. The molecule has 1 aliphatic heterocycles. The van der Waals surface area contributed by atoms with Gasteiger partial charge in [0.1, 0.15) is 5.76 Å². The predicted octanol–water partition coefficient (Wildman–Crippen LogP) is 1.05. The molecule has 0 N–H and O–H groups in total. The summed E-state index contributed by atoms with van der Waals surface area (Å²) in [6.45, 7) is 0.928. The number of fused-ring (bicyclic) bond motifs is 2. The number of alkyl halides is 1. The summed E-state index contributed by atoms with van der Waals surface area (Å²) in [6.07, 6.45) is 1.48. The predicted molar refractivity (Wildman–Crippen MR) is 74.0 cm³/mol. The average Bonchev–Trinajstić information content (AvgIpc) is 2.37. The zero-order valence-corrected chi connectivity index (χ0v) is 12.7. The molecule has 0 aromatic rings. The Hall–Kier alpha value is -1.22. The maximum atomic E-state index is 11.5. The van der Waals surface area contributed by atoms with E-state index >= 15 is 0 Å². The lowest BCUT2D eigenvalue weighted by atomic mass is 9.71. The Balaban J connectivity index is 2.47. The van der Waals surface area contributed by atoms with Gasteiger partial charge in [0.05, 0.1) is 33.0 Å². The van der Waals surface area contributed by atoms with Gasteiger partial charge in [-0.1, -0.05) is 15.9 Å². The molecule has 0 radical (unpaired) electrons. The lowest BCUT2D eigenvalue weighted by Crippen LogP contribution is -2.66. The third-order valence-corrected chi connectivity index (χ3v) is 4.35. The fourth-order valence-corrected chi connectivity index (χ4v) is 3.70. The van der Waals surface area contributed by atoms with Crippen LogP contribution in [0.15, 0.2) is 11.8 Å². The van der Waals surface area contributed by atoms with Gasteiger partial charge >= 0.3 is 0 Å². The van der Waals surface area contributed by atoms with E-state index in [1.807, 2.05) is 0 Å². The van der Waals surface area contributed by atoms with E-state index in [2.05, 4.69) is 15.9 Å². The molecular weight excluding hydrogens is 334 g/mol. The van der Waals surface area contributed by atoms with Crippen LogP contribution in [0.5, 0.6) is 0 Å². The molecule has 20 heavy (non-hydrogen) atoms. The third kappa shape index (κ3) is 2.39. The Kier molecular flexibility index (Phi) is 4.01. The second-order valence-corrected chi connectivity index (χ2v) is 6.20. The van der Waals surface area contributed by atoms with E-state index < -0.39 is 16.0 Å². The van der Waals surface area contributed by atoms with E-state index in [9.17, 15) is 20.2 Å². The van der Waals surface area contributed by atoms with Crippen molar-refractivity contribution in [3.63, 3.8) is 0 Å². The smallest absolute Gasteiger partial charge is 0.263 e. The van der Waals surface area contributed by atoms with Crippen molar-refractivity contribution >= 4 is 15.9 Å². The van der Waals surface area contributed by atoms with E-state index in [1.54, 1.807) is 4.90 Å². The summed E-state index contributed by atoms with van der Waals surface area (Å²) in [5, 5.41) is 23.7. The number of piperidine rings is 1. The molecule has 9 heteroatoms. The van der Waals surface area contributed by atoms with Crippen LogP contribution in [-0.4, -0.2) is 57.9 Å². The molecule has 0 unspecified atom stereocenters. The summed E-state index contributed by atoms with van der Waals surface area (Å²) < 4.78 is 5.10. The molecule has 2 atom stereocenters. The Morgan fingerprint density at radius 1 is 1.40 bits per heavy atom. The SMILES string of the molecule is COC1=C[C@@]2([N+](=O)[O-])CN(CCBr)C[C@]([N+](=O)[O-])(C1)C2. The van der Waals surface area contributed by atoms with Gasteiger partial charge in [0, 0.05) is 27.8 Å². The third-order valence-electron chi connectivity index (χ3n) is 4.00. The summed E-state index contributed by atoms with van der Waals surface area (Å²) in [6, 6.07) is 0. The average molecular weight is 350 g/mol. The Labute approximate surface area is 124 Å². The van der Waals surface area contributed by atoms with Crippen molar-refractivity contribution in [1.82, 2.24) is 4.90 Å². The van der Waals surface area contributed by atoms with E-state index in [0.29, 0.717) is 17.6 Å². The van der Waals surface area contributed by atoms with Crippen molar-refractivity contribution in [2.75, 3.05) is 32.1 Å². The Bertz CT molecular complexity index is 471. The first-order chi connectivity index (χ1) is 9.37. The van der Waals surface area contributed by atoms with E-state index in [4.69, 9.17) is 4.74 Å². The van der Waals surface area contributed by atoms with Crippen LogP contribution in [-0.2, 0) is 4.74 Å². The number of hydrogen-bond acceptors (Lipinski definition) is 6. The van der Waals surface area contributed by atoms with Gasteiger partial charge in [-0.25, -0.2) is 0 Å². The molecule has 2 rings (SSSR count). The largest absolute Gasteiger partial charge is 0.501 e. The van der Waals surface area contributed by atoms with Gasteiger partial charge in [-0.05, 0) is 0 Å². The Morgan fingerprint density at radius 3 is 2.60 bits per heavy atom. The van der Waals surface area contributed by atoms with Crippen molar-refractivity contribution in [3.8, 4) is 0 Å². The highest BCUT2D eigenvalue weighted by atomic mass is 79.9.